The number of amides is 1. The van der Waals surface area contributed by atoms with Crippen LogP contribution in [0.25, 0.3) is 5.69 Å². The fourth-order valence-electron chi connectivity index (χ4n) is 2.77. The van der Waals surface area contributed by atoms with Crippen LogP contribution in [0.5, 0.6) is 0 Å². The van der Waals surface area contributed by atoms with Crippen molar-refractivity contribution in [2.24, 2.45) is 0 Å². The zero-order chi connectivity index (χ0) is 19.1. The summed E-state index contributed by atoms with van der Waals surface area (Å²) in [6.07, 6.45) is 2.60. The van der Waals surface area contributed by atoms with Gasteiger partial charge in [0.1, 0.15) is 6.33 Å². The Morgan fingerprint density at radius 3 is 2.89 bits per heavy atom. The maximum Gasteiger partial charge on any atom is 0.234 e. The molecule has 1 N–H and O–H groups in total. The van der Waals surface area contributed by atoms with Crippen LogP contribution in [-0.2, 0) is 22.6 Å². The SMILES string of the molecule is CCc1ccccc1-n1cnnc1SCC(=O)Nc1cccc(COC)c1. The minimum Gasteiger partial charge on any atom is -0.380 e. The Labute approximate surface area is 163 Å². The van der Waals surface area contributed by atoms with Crippen LogP contribution in [0.1, 0.15) is 18.1 Å². The first kappa shape index (κ1) is 19.1. The number of ether oxygens (including phenoxy) is 1. The van der Waals surface area contributed by atoms with Gasteiger partial charge in [-0.05, 0) is 35.7 Å². The number of carbonyl (C=O) groups excluding carboxylic acids is 1. The van der Waals surface area contributed by atoms with Crippen molar-refractivity contribution in [1.82, 2.24) is 14.8 Å². The molecule has 1 aromatic heterocycles. The molecule has 0 fully saturated rings. The molecule has 0 radical (unpaired) electrons. The highest BCUT2D eigenvalue weighted by atomic mass is 32.2. The molecule has 140 valence electrons. The van der Waals surface area contributed by atoms with Gasteiger partial charge in [0.05, 0.1) is 18.0 Å². The van der Waals surface area contributed by atoms with Crippen molar-refractivity contribution >= 4 is 23.4 Å². The normalized spacial score (nSPS) is 10.7. The van der Waals surface area contributed by atoms with E-state index in [4.69, 9.17) is 4.74 Å². The van der Waals surface area contributed by atoms with Gasteiger partial charge in [0, 0.05) is 12.8 Å². The van der Waals surface area contributed by atoms with E-state index in [2.05, 4.69) is 28.5 Å². The van der Waals surface area contributed by atoms with Crippen LogP contribution >= 0.6 is 11.8 Å². The number of methoxy groups -OCH3 is 1. The maximum atomic E-state index is 12.3. The molecule has 0 saturated heterocycles. The highest BCUT2D eigenvalue weighted by Gasteiger charge is 2.12. The summed E-state index contributed by atoms with van der Waals surface area (Å²) in [4.78, 5) is 12.3. The van der Waals surface area contributed by atoms with Gasteiger partial charge in [-0.3, -0.25) is 9.36 Å². The van der Waals surface area contributed by atoms with Gasteiger partial charge in [0.2, 0.25) is 5.91 Å². The molecule has 0 saturated carbocycles. The summed E-state index contributed by atoms with van der Waals surface area (Å²) in [7, 11) is 1.65. The van der Waals surface area contributed by atoms with Gasteiger partial charge in [-0.1, -0.05) is 49.0 Å². The van der Waals surface area contributed by atoms with E-state index in [9.17, 15) is 4.79 Å². The van der Waals surface area contributed by atoms with Crippen molar-refractivity contribution in [3.8, 4) is 5.69 Å². The summed E-state index contributed by atoms with van der Waals surface area (Å²) in [6, 6.07) is 15.8. The molecule has 0 unspecified atom stereocenters. The zero-order valence-electron chi connectivity index (χ0n) is 15.4. The van der Waals surface area contributed by atoms with Crippen LogP contribution < -0.4 is 5.32 Å². The molecule has 3 aromatic rings. The van der Waals surface area contributed by atoms with Crippen molar-refractivity contribution in [3.63, 3.8) is 0 Å². The summed E-state index contributed by atoms with van der Waals surface area (Å²) in [5.41, 5.74) is 4.02. The number of benzene rings is 2. The predicted octanol–water partition coefficient (Wildman–Crippen LogP) is 3.71. The van der Waals surface area contributed by atoms with Gasteiger partial charge >= 0.3 is 0 Å². The van der Waals surface area contributed by atoms with Gasteiger partial charge in [0.25, 0.3) is 0 Å². The van der Waals surface area contributed by atoms with E-state index in [1.165, 1.54) is 17.3 Å². The monoisotopic (exact) mass is 382 g/mol. The van der Waals surface area contributed by atoms with Gasteiger partial charge < -0.3 is 10.1 Å². The van der Waals surface area contributed by atoms with Crippen molar-refractivity contribution < 1.29 is 9.53 Å². The number of carbonyl (C=O) groups is 1. The second kappa shape index (κ2) is 9.34. The molecular weight excluding hydrogens is 360 g/mol. The van der Waals surface area contributed by atoms with Gasteiger partial charge in [-0.2, -0.15) is 0 Å². The number of hydrogen-bond acceptors (Lipinski definition) is 5. The Kier molecular flexibility index (Phi) is 6.62. The number of aryl methyl sites for hydroxylation is 1. The molecule has 6 nitrogen and oxygen atoms in total. The molecule has 7 heteroatoms. The Bertz CT molecular complexity index is 910. The van der Waals surface area contributed by atoms with Crippen LogP contribution in [0.15, 0.2) is 60.0 Å². The lowest BCUT2D eigenvalue weighted by atomic mass is 10.1. The number of aromatic nitrogens is 3. The molecule has 2 aromatic carbocycles. The fourth-order valence-corrected chi connectivity index (χ4v) is 3.49. The quantitative estimate of drug-likeness (QED) is 0.602. The Balaban J connectivity index is 1.65. The van der Waals surface area contributed by atoms with E-state index < -0.39 is 0 Å². The maximum absolute atomic E-state index is 12.3. The average Bonchev–Trinajstić information content (AvgIpc) is 3.15. The van der Waals surface area contributed by atoms with Crippen molar-refractivity contribution in [3.05, 3.63) is 66.0 Å². The predicted molar refractivity (Wildman–Crippen MR) is 107 cm³/mol. The first-order chi connectivity index (χ1) is 13.2. The minimum atomic E-state index is -0.0899. The number of para-hydroxylation sites is 1. The van der Waals surface area contributed by atoms with E-state index in [0.717, 1.165) is 23.4 Å². The number of nitrogens with one attached hydrogen (secondary N) is 1. The van der Waals surface area contributed by atoms with Crippen LogP contribution in [0.4, 0.5) is 5.69 Å². The largest absolute Gasteiger partial charge is 0.380 e. The van der Waals surface area contributed by atoms with Gasteiger partial charge in [-0.15, -0.1) is 10.2 Å². The first-order valence-corrected chi connectivity index (χ1v) is 9.68. The molecule has 1 heterocycles. The standard InChI is InChI=1S/C20H22N4O2S/c1-3-16-8-4-5-10-18(16)24-14-21-23-20(24)27-13-19(25)22-17-9-6-7-15(11-17)12-26-2/h4-11,14H,3,12-13H2,1-2H3,(H,22,25). The number of hydrogen-bond donors (Lipinski definition) is 1. The second-order valence-corrected chi connectivity index (χ2v) is 6.88. The third kappa shape index (κ3) is 4.96. The highest BCUT2D eigenvalue weighted by molar-refractivity contribution is 7.99. The van der Waals surface area contributed by atoms with Crippen molar-refractivity contribution in [2.75, 3.05) is 18.2 Å². The van der Waals surface area contributed by atoms with E-state index in [0.29, 0.717) is 11.8 Å². The molecule has 1 amide bonds. The number of thioether (sulfide) groups is 1. The van der Waals surface area contributed by atoms with Crippen molar-refractivity contribution in [1.29, 1.82) is 0 Å². The van der Waals surface area contributed by atoms with Gasteiger partial charge in [0.15, 0.2) is 5.16 Å². The topological polar surface area (TPSA) is 69.0 Å². The Morgan fingerprint density at radius 1 is 1.22 bits per heavy atom. The molecule has 0 aliphatic carbocycles. The smallest absolute Gasteiger partial charge is 0.234 e. The second-order valence-electron chi connectivity index (χ2n) is 5.94. The summed E-state index contributed by atoms with van der Waals surface area (Å²) in [5.74, 6) is 0.162. The molecule has 0 aliphatic heterocycles. The Morgan fingerprint density at radius 2 is 2.07 bits per heavy atom. The Hall–Kier alpha value is -2.64. The molecule has 0 aliphatic rings. The molecule has 0 bridgehead atoms. The van der Waals surface area contributed by atoms with Crippen LogP contribution in [0.3, 0.4) is 0 Å². The third-order valence-electron chi connectivity index (χ3n) is 4.00. The average molecular weight is 382 g/mol. The van der Waals surface area contributed by atoms with E-state index in [1.54, 1.807) is 13.4 Å². The number of rotatable bonds is 8. The summed E-state index contributed by atoms with van der Waals surface area (Å²) in [5, 5.41) is 11.8. The van der Waals surface area contributed by atoms with E-state index in [1.807, 2.05) is 47.0 Å². The van der Waals surface area contributed by atoms with E-state index in [-0.39, 0.29) is 11.7 Å². The molecule has 27 heavy (non-hydrogen) atoms. The minimum absolute atomic E-state index is 0.0899. The highest BCUT2D eigenvalue weighted by Crippen LogP contribution is 2.22. The lowest BCUT2D eigenvalue weighted by molar-refractivity contribution is -0.113. The molecule has 3 rings (SSSR count). The van der Waals surface area contributed by atoms with Crippen LogP contribution in [0.2, 0.25) is 0 Å². The summed E-state index contributed by atoms with van der Waals surface area (Å²) < 4.78 is 7.05. The van der Waals surface area contributed by atoms with Crippen LogP contribution in [0, 0.1) is 0 Å². The lowest BCUT2D eigenvalue weighted by Crippen LogP contribution is -2.14. The van der Waals surface area contributed by atoms with E-state index >= 15 is 0 Å². The molecule has 0 spiro atoms. The molecule has 0 atom stereocenters. The van der Waals surface area contributed by atoms with Crippen LogP contribution in [-0.4, -0.2) is 33.5 Å². The first-order valence-electron chi connectivity index (χ1n) is 8.70. The number of anilines is 1. The van der Waals surface area contributed by atoms with Gasteiger partial charge in [-0.25, -0.2) is 0 Å². The third-order valence-corrected chi connectivity index (χ3v) is 4.95. The lowest BCUT2D eigenvalue weighted by Gasteiger charge is -2.11. The van der Waals surface area contributed by atoms with Crippen molar-refractivity contribution in [2.45, 2.75) is 25.1 Å². The summed E-state index contributed by atoms with van der Waals surface area (Å²) >= 11 is 1.36. The summed E-state index contributed by atoms with van der Waals surface area (Å²) in [6.45, 7) is 2.62. The fraction of sp³-hybridized carbons (Fsp3) is 0.250. The number of nitrogens with zero attached hydrogens (tertiary/aromatic N) is 3. The zero-order valence-corrected chi connectivity index (χ0v) is 16.2. The molecular formula is C20H22N4O2S.